The first-order valence-electron chi connectivity index (χ1n) is 6.95. The number of carbonyl (C=O) groups excluding carboxylic acids is 1. The highest BCUT2D eigenvalue weighted by atomic mass is 16.5. The average Bonchev–Trinajstić information content (AvgIpc) is 2.49. The van der Waals surface area contributed by atoms with Crippen LogP contribution in [0.2, 0.25) is 0 Å². The van der Waals surface area contributed by atoms with Crippen molar-refractivity contribution in [3.05, 3.63) is 29.8 Å². The smallest absolute Gasteiger partial charge is 0.209 e. The van der Waals surface area contributed by atoms with Crippen molar-refractivity contribution in [1.82, 2.24) is 9.80 Å². The Morgan fingerprint density at radius 3 is 2.42 bits per heavy atom. The van der Waals surface area contributed by atoms with Gasteiger partial charge in [0.2, 0.25) is 6.41 Å². The summed E-state index contributed by atoms with van der Waals surface area (Å²) in [4.78, 5) is 14.8. The first-order valence-corrected chi connectivity index (χ1v) is 6.95. The van der Waals surface area contributed by atoms with Crippen LogP contribution in [0.4, 0.5) is 0 Å². The molecule has 0 saturated carbocycles. The van der Waals surface area contributed by atoms with E-state index in [-0.39, 0.29) is 0 Å². The molecule has 1 saturated heterocycles. The topological polar surface area (TPSA) is 32.8 Å². The number of piperazine rings is 1. The Labute approximate surface area is 115 Å². The monoisotopic (exact) mass is 262 g/mol. The second-order valence-electron chi connectivity index (χ2n) is 4.83. The largest absolute Gasteiger partial charge is 0.492 e. The maximum atomic E-state index is 10.6. The van der Waals surface area contributed by atoms with E-state index in [0.717, 1.165) is 51.3 Å². The molecule has 4 heteroatoms. The number of ether oxygens (including phenoxy) is 1. The van der Waals surface area contributed by atoms with Crippen LogP contribution < -0.4 is 4.74 Å². The molecule has 2 rings (SSSR count). The summed E-state index contributed by atoms with van der Waals surface area (Å²) in [5, 5.41) is 0. The molecule has 1 heterocycles. The minimum atomic E-state index is 0.701. The van der Waals surface area contributed by atoms with Gasteiger partial charge in [-0.3, -0.25) is 9.69 Å². The highest BCUT2D eigenvalue weighted by Gasteiger charge is 2.14. The van der Waals surface area contributed by atoms with E-state index < -0.39 is 0 Å². The summed E-state index contributed by atoms with van der Waals surface area (Å²) in [5.74, 6) is 0.934. The van der Waals surface area contributed by atoms with Gasteiger partial charge in [0.1, 0.15) is 12.4 Å². The van der Waals surface area contributed by atoms with E-state index in [0.29, 0.717) is 6.61 Å². The van der Waals surface area contributed by atoms with E-state index in [4.69, 9.17) is 4.74 Å². The number of hydrogen-bond donors (Lipinski definition) is 0. The summed E-state index contributed by atoms with van der Waals surface area (Å²) in [7, 11) is 0. The third-order valence-corrected chi connectivity index (χ3v) is 3.56. The van der Waals surface area contributed by atoms with E-state index >= 15 is 0 Å². The number of rotatable bonds is 6. The van der Waals surface area contributed by atoms with Crippen molar-refractivity contribution in [3.8, 4) is 5.75 Å². The number of nitrogens with zero attached hydrogens (tertiary/aromatic N) is 2. The molecule has 0 spiro atoms. The maximum Gasteiger partial charge on any atom is 0.209 e. The Kier molecular flexibility index (Phi) is 5.21. The number of carbonyl (C=O) groups is 1. The number of aryl methyl sites for hydroxylation is 1. The van der Waals surface area contributed by atoms with Gasteiger partial charge < -0.3 is 9.64 Å². The van der Waals surface area contributed by atoms with Crippen molar-refractivity contribution in [2.75, 3.05) is 39.3 Å². The zero-order valence-electron chi connectivity index (χ0n) is 11.5. The molecule has 104 valence electrons. The third-order valence-electron chi connectivity index (χ3n) is 3.56. The fourth-order valence-electron chi connectivity index (χ4n) is 2.21. The Morgan fingerprint density at radius 1 is 1.16 bits per heavy atom. The average molecular weight is 262 g/mol. The third kappa shape index (κ3) is 4.24. The molecule has 0 aliphatic carbocycles. The molecule has 1 fully saturated rings. The van der Waals surface area contributed by atoms with Crippen LogP contribution in [-0.2, 0) is 11.2 Å². The Bertz CT molecular complexity index is 384. The fourth-order valence-corrected chi connectivity index (χ4v) is 2.21. The Balaban J connectivity index is 1.67. The van der Waals surface area contributed by atoms with Crippen LogP contribution in [0.3, 0.4) is 0 Å². The lowest BCUT2D eigenvalue weighted by atomic mass is 10.2. The van der Waals surface area contributed by atoms with Crippen LogP contribution in [0.15, 0.2) is 24.3 Å². The summed E-state index contributed by atoms with van der Waals surface area (Å²) in [6.07, 6.45) is 1.99. The van der Waals surface area contributed by atoms with Crippen LogP contribution in [0.5, 0.6) is 5.75 Å². The molecule has 1 amide bonds. The molecule has 1 aliphatic rings. The van der Waals surface area contributed by atoms with Gasteiger partial charge in [0, 0.05) is 32.7 Å². The summed E-state index contributed by atoms with van der Waals surface area (Å²) in [6, 6.07) is 8.28. The molecular weight excluding hydrogens is 240 g/mol. The Hall–Kier alpha value is -1.55. The fraction of sp³-hybridized carbons (Fsp3) is 0.533. The zero-order chi connectivity index (χ0) is 13.5. The van der Waals surface area contributed by atoms with Gasteiger partial charge in [-0.2, -0.15) is 0 Å². The van der Waals surface area contributed by atoms with E-state index in [9.17, 15) is 4.79 Å². The molecule has 0 radical (unpaired) electrons. The highest BCUT2D eigenvalue weighted by molar-refractivity contribution is 5.47. The van der Waals surface area contributed by atoms with Gasteiger partial charge in [-0.15, -0.1) is 0 Å². The molecule has 1 aromatic carbocycles. The van der Waals surface area contributed by atoms with E-state index in [2.05, 4.69) is 24.0 Å². The number of amides is 1. The molecule has 0 aromatic heterocycles. The minimum Gasteiger partial charge on any atom is -0.492 e. The molecule has 1 aromatic rings. The standard InChI is InChI=1S/C15H22N2O2/c1-2-14-3-5-15(6-4-14)19-12-11-16-7-9-17(13-18)10-8-16/h3-6,13H,2,7-12H2,1H3. The maximum absolute atomic E-state index is 10.6. The SMILES string of the molecule is CCc1ccc(OCCN2CCN(C=O)CC2)cc1. The molecular formula is C15H22N2O2. The van der Waals surface area contributed by atoms with Gasteiger partial charge in [-0.25, -0.2) is 0 Å². The van der Waals surface area contributed by atoms with Crippen molar-refractivity contribution in [2.24, 2.45) is 0 Å². The van der Waals surface area contributed by atoms with Crippen molar-refractivity contribution >= 4 is 6.41 Å². The second-order valence-corrected chi connectivity index (χ2v) is 4.83. The predicted molar refractivity (Wildman–Crippen MR) is 75.4 cm³/mol. The van der Waals surface area contributed by atoms with Crippen LogP contribution in [-0.4, -0.2) is 55.5 Å². The van der Waals surface area contributed by atoms with Crippen molar-refractivity contribution in [3.63, 3.8) is 0 Å². The van der Waals surface area contributed by atoms with Gasteiger partial charge in [-0.1, -0.05) is 19.1 Å². The molecule has 0 bridgehead atoms. The molecule has 0 N–H and O–H groups in total. The van der Waals surface area contributed by atoms with Gasteiger partial charge >= 0.3 is 0 Å². The normalized spacial score (nSPS) is 16.4. The number of benzene rings is 1. The minimum absolute atomic E-state index is 0.701. The van der Waals surface area contributed by atoms with Crippen LogP contribution in [0.25, 0.3) is 0 Å². The van der Waals surface area contributed by atoms with Gasteiger partial charge in [0.15, 0.2) is 0 Å². The van der Waals surface area contributed by atoms with Gasteiger partial charge in [-0.05, 0) is 24.1 Å². The quantitative estimate of drug-likeness (QED) is 0.727. The number of hydrogen-bond acceptors (Lipinski definition) is 3. The molecule has 19 heavy (non-hydrogen) atoms. The van der Waals surface area contributed by atoms with E-state index in [1.807, 2.05) is 17.0 Å². The summed E-state index contributed by atoms with van der Waals surface area (Å²) in [5.41, 5.74) is 1.33. The summed E-state index contributed by atoms with van der Waals surface area (Å²) >= 11 is 0. The summed E-state index contributed by atoms with van der Waals surface area (Å²) in [6.45, 7) is 7.31. The van der Waals surface area contributed by atoms with Crippen molar-refractivity contribution in [1.29, 1.82) is 0 Å². The van der Waals surface area contributed by atoms with E-state index in [1.54, 1.807) is 0 Å². The van der Waals surface area contributed by atoms with E-state index in [1.165, 1.54) is 5.56 Å². The van der Waals surface area contributed by atoms with Gasteiger partial charge in [0.25, 0.3) is 0 Å². The first kappa shape index (κ1) is 13.9. The van der Waals surface area contributed by atoms with Crippen LogP contribution in [0.1, 0.15) is 12.5 Å². The van der Waals surface area contributed by atoms with Gasteiger partial charge in [0.05, 0.1) is 0 Å². The first-order chi connectivity index (χ1) is 9.31. The zero-order valence-corrected chi connectivity index (χ0v) is 11.5. The van der Waals surface area contributed by atoms with Crippen molar-refractivity contribution < 1.29 is 9.53 Å². The lowest BCUT2D eigenvalue weighted by Gasteiger charge is -2.32. The lowest BCUT2D eigenvalue weighted by molar-refractivity contribution is -0.119. The van der Waals surface area contributed by atoms with Crippen LogP contribution >= 0.6 is 0 Å². The molecule has 1 aliphatic heterocycles. The summed E-state index contributed by atoms with van der Waals surface area (Å²) < 4.78 is 5.74. The van der Waals surface area contributed by atoms with Crippen LogP contribution in [0, 0.1) is 0 Å². The van der Waals surface area contributed by atoms with Crippen molar-refractivity contribution in [2.45, 2.75) is 13.3 Å². The second kappa shape index (κ2) is 7.14. The predicted octanol–water partition coefficient (Wildman–Crippen LogP) is 1.40. The lowest BCUT2D eigenvalue weighted by Crippen LogP contribution is -2.46. The molecule has 0 atom stereocenters. The highest BCUT2D eigenvalue weighted by Crippen LogP contribution is 2.12. The molecule has 4 nitrogen and oxygen atoms in total. The Morgan fingerprint density at radius 2 is 1.84 bits per heavy atom. The molecule has 0 unspecified atom stereocenters.